The number of rotatable bonds is 7. The van der Waals surface area contributed by atoms with E-state index >= 15 is 0 Å². The molecule has 0 aliphatic carbocycles. The first kappa shape index (κ1) is 26.7. The predicted octanol–water partition coefficient (Wildman–Crippen LogP) is 6.33. The van der Waals surface area contributed by atoms with Crippen molar-refractivity contribution in [3.8, 4) is 0 Å². The Morgan fingerprint density at radius 2 is 1.78 bits per heavy atom. The molecule has 0 radical (unpaired) electrons. The van der Waals surface area contributed by atoms with Crippen LogP contribution in [0.1, 0.15) is 29.3 Å². The molecule has 0 saturated carbocycles. The molecule has 4 rings (SSSR count). The first-order valence-corrected chi connectivity index (χ1v) is 13.1. The van der Waals surface area contributed by atoms with Gasteiger partial charge in [0.25, 0.3) is 0 Å². The number of carbonyl (C=O) groups excluding carboxylic acids is 3. The number of benzene rings is 3. The Kier molecular flexibility index (Phi) is 8.87. The summed E-state index contributed by atoms with van der Waals surface area (Å²) in [4.78, 5) is 44.5. The molecule has 7 nitrogen and oxygen atoms in total. The summed E-state index contributed by atoms with van der Waals surface area (Å²) in [7, 11) is 0. The number of thioether (sulfide) groups is 1. The Hall–Kier alpha value is -3.33. The van der Waals surface area contributed by atoms with E-state index in [1.165, 1.54) is 11.8 Å². The quantitative estimate of drug-likeness (QED) is 0.344. The number of esters is 1. The van der Waals surface area contributed by atoms with Crippen LogP contribution >= 0.6 is 35.0 Å². The number of hydrogen-bond acceptors (Lipinski definition) is 6. The first-order chi connectivity index (χ1) is 17.8. The molecule has 1 aliphatic heterocycles. The first-order valence-electron chi connectivity index (χ1n) is 11.5. The highest BCUT2D eigenvalue weighted by atomic mass is 35.5. The summed E-state index contributed by atoms with van der Waals surface area (Å²) in [5.74, 6) is -0.981. The topological polar surface area (TPSA) is 88.1 Å². The summed E-state index contributed by atoms with van der Waals surface area (Å²) in [5, 5.41) is 3.60. The molecule has 1 atom stereocenters. The van der Waals surface area contributed by atoms with E-state index in [-0.39, 0.29) is 31.4 Å². The van der Waals surface area contributed by atoms with Gasteiger partial charge in [0.05, 0.1) is 24.4 Å². The molecular formula is C27H23Cl2N3O4S. The summed E-state index contributed by atoms with van der Waals surface area (Å²) in [6.45, 7) is 2.29. The van der Waals surface area contributed by atoms with Crippen LogP contribution in [-0.4, -0.2) is 39.7 Å². The maximum Gasteiger partial charge on any atom is 0.338 e. The van der Waals surface area contributed by atoms with Crippen molar-refractivity contribution < 1.29 is 19.1 Å². The van der Waals surface area contributed by atoms with Crippen molar-refractivity contribution in [1.29, 1.82) is 0 Å². The van der Waals surface area contributed by atoms with E-state index in [4.69, 9.17) is 27.9 Å². The van der Waals surface area contributed by atoms with E-state index < -0.39 is 11.2 Å². The third kappa shape index (κ3) is 7.13. The Morgan fingerprint density at radius 3 is 2.46 bits per heavy atom. The van der Waals surface area contributed by atoms with Crippen LogP contribution in [0.5, 0.6) is 0 Å². The molecule has 190 valence electrons. The summed E-state index contributed by atoms with van der Waals surface area (Å²) in [5.41, 5.74) is 2.34. The van der Waals surface area contributed by atoms with Crippen LogP contribution in [0.15, 0.2) is 77.8 Å². The zero-order chi connectivity index (χ0) is 26.4. The number of amides is 2. The fraction of sp³-hybridized carbons (Fsp3) is 0.185. The fourth-order valence-corrected chi connectivity index (χ4v) is 4.97. The highest BCUT2D eigenvalue weighted by Gasteiger charge is 2.36. The lowest BCUT2D eigenvalue weighted by Crippen LogP contribution is -2.44. The van der Waals surface area contributed by atoms with Gasteiger partial charge in [-0.1, -0.05) is 53.2 Å². The smallest absolute Gasteiger partial charge is 0.338 e. The summed E-state index contributed by atoms with van der Waals surface area (Å²) >= 11 is 13.2. The van der Waals surface area contributed by atoms with Gasteiger partial charge in [-0.2, -0.15) is 0 Å². The van der Waals surface area contributed by atoms with Crippen molar-refractivity contribution in [2.75, 3.05) is 11.9 Å². The Labute approximate surface area is 228 Å². The fourth-order valence-electron chi connectivity index (χ4n) is 3.56. The molecule has 3 aromatic rings. The molecule has 10 heteroatoms. The molecule has 0 bridgehead atoms. The zero-order valence-corrected chi connectivity index (χ0v) is 22.1. The summed E-state index contributed by atoms with van der Waals surface area (Å²) < 4.78 is 5.03. The van der Waals surface area contributed by atoms with Gasteiger partial charge in [0.1, 0.15) is 5.25 Å². The number of carbonyl (C=O) groups is 3. The van der Waals surface area contributed by atoms with E-state index in [2.05, 4.69) is 10.3 Å². The molecule has 1 N–H and O–H groups in total. The number of nitrogens with one attached hydrogen (secondary N) is 1. The second-order valence-corrected chi connectivity index (χ2v) is 10.1. The lowest BCUT2D eigenvalue weighted by Gasteiger charge is -2.32. The number of anilines is 1. The molecular weight excluding hydrogens is 533 g/mol. The van der Waals surface area contributed by atoms with Gasteiger partial charge in [-0.3, -0.25) is 14.5 Å². The molecule has 0 unspecified atom stereocenters. The molecule has 3 aromatic carbocycles. The van der Waals surface area contributed by atoms with Crippen molar-refractivity contribution >= 4 is 69.3 Å². The van der Waals surface area contributed by atoms with Crippen LogP contribution in [0.4, 0.5) is 11.4 Å². The molecule has 2 amide bonds. The van der Waals surface area contributed by atoms with Crippen molar-refractivity contribution in [3.63, 3.8) is 0 Å². The van der Waals surface area contributed by atoms with Crippen LogP contribution in [0, 0.1) is 0 Å². The average Bonchev–Trinajstić information content (AvgIpc) is 2.87. The van der Waals surface area contributed by atoms with Crippen LogP contribution in [-0.2, 0) is 20.9 Å². The molecule has 1 saturated heterocycles. The number of aliphatic imine (C=N–C) groups is 1. The minimum Gasteiger partial charge on any atom is -0.462 e. The van der Waals surface area contributed by atoms with Gasteiger partial charge in [0.2, 0.25) is 11.8 Å². The molecule has 1 fully saturated rings. The van der Waals surface area contributed by atoms with E-state index in [1.807, 2.05) is 12.1 Å². The third-order valence-corrected chi connectivity index (χ3v) is 7.06. The van der Waals surface area contributed by atoms with E-state index in [0.29, 0.717) is 32.2 Å². The van der Waals surface area contributed by atoms with Crippen LogP contribution in [0.2, 0.25) is 10.0 Å². The number of nitrogens with zero attached hydrogens (tertiary/aromatic N) is 2. The Morgan fingerprint density at radius 1 is 1.05 bits per heavy atom. The molecule has 1 aliphatic rings. The second kappa shape index (κ2) is 12.3. The SMILES string of the molecule is CCOC(=O)c1ccc(N=C2S[C@@H](C(=O)Nc3cccc(Cl)c3)CC(=O)N2Cc2ccc(Cl)cc2)cc1. The number of halogens is 2. The third-order valence-electron chi connectivity index (χ3n) is 5.38. The number of hydrogen-bond donors (Lipinski definition) is 1. The number of amidine groups is 1. The lowest BCUT2D eigenvalue weighted by atomic mass is 10.2. The Balaban J connectivity index is 1.60. The summed E-state index contributed by atoms with van der Waals surface area (Å²) in [6.07, 6.45) is 0.00543. The monoisotopic (exact) mass is 555 g/mol. The van der Waals surface area contributed by atoms with Crippen molar-refractivity contribution in [2.45, 2.75) is 25.1 Å². The highest BCUT2D eigenvalue weighted by molar-refractivity contribution is 8.15. The van der Waals surface area contributed by atoms with Gasteiger partial charge in [-0.15, -0.1) is 0 Å². The largest absolute Gasteiger partial charge is 0.462 e. The van der Waals surface area contributed by atoms with Crippen molar-refractivity contribution in [2.24, 2.45) is 4.99 Å². The maximum atomic E-state index is 13.2. The van der Waals surface area contributed by atoms with E-state index in [0.717, 1.165) is 5.56 Å². The normalized spacial score (nSPS) is 16.5. The Bertz CT molecular complexity index is 1330. The predicted molar refractivity (Wildman–Crippen MR) is 148 cm³/mol. The number of ether oxygens (including phenoxy) is 1. The summed E-state index contributed by atoms with van der Waals surface area (Å²) in [6, 6.07) is 20.6. The van der Waals surface area contributed by atoms with Crippen molar-refractivity contribution in [1.82, 2.24) is 4.90 Å². The molecule has 0 spiro atoms. The minimum atomic E-state index is -0.689. The van der Waals surface area contributed by atoms with Gasteiger partial charge in [0.15, 0.2) is 5.17 Å². The molecule has 0 aromatic heterocycles. The standard InChI is InChI=1S/C27H23Cl2N3O4S/c1-2-36-26(35)18-8-12-21(13-9-18)31-27-32(16-17-6-10-19(28)11-7-17)24(33)15-23(37-27)25(34)30-22-5-3-4-20(29)14-22/h3-14,23H,2,15-16H2,1H3,(H,30,34)/t23-/m1/s1. The molecule has 1 heterocycles. The highest BCUT2D eigenvalue weighted by Crippen LogP contribution is 2.31. The van der Waals surface area contributed by atoms with Crippen LogP contribution < -0.4 is 5.32 Å². The van der Waals surface area contributed by atoms with E-state index in [9.17, 15) is 14.4 Å². The lowest BCUT2D eigenvalue weighted by molar-refractivity contribution is -0.129. The van der Waals surface area contributed by atoms with Gasteiger partial charge in [0, 0.05) is 22.2 Å². The van der Waals surface area contributed by atoms with E-state index in [1.54, 1.807) is 72.5 Å². The van der Waals surface area contributed by atoms with Crippen LogP contribution in [0.3, 0.4) is 0 Å². The van der Waals surface area contributed by atoms with Gasteiger partial charge >= 0.3 is 5.97 Å². The van der Waals surface area contributed by atoms with Gasteiger partial charge in [-0.25, -0.2) is 9.79 Å². The average molecular weight is 556 g/mol. The zero-order valence-electron chi connectivity index (χ0n) is 19.8. The van der Waals surface area contributed by atoms with Gasteiger partial charge < -0.3 is 10.1 Å². The van der Waals surface area contributed by atoms with Crippen molar-refractivity contribution in [3.05, 3.63) is 94.0 Å². The second-order valence-electron chi connectivity index (χ2n) is 8.08. The molecule has 37 heavy (non-hydrogen) atoms. The maximum absolute atomic E-state index is 13.2. The van der Waals surface area contributed by atoms with Crippen LogP contribution in [0.25, 0.3) is 0 Å². The van der Waals surface area contributed by atoms with Gasteiger partial charge in [-0.05, 0) is 67.1 Å². The minimum absolute atomic E-state index is 0.00543.